The van der Waals surface area contributed by atoms with Crippen molar-refractivity contribution >= 4 is 10.0 Å². The topological polar surface area (TPSA) is 101 Å². The highest BCUT2D eigenvalue weighted by Gasteiger charge is 2.11. The molecule has 2 rings (SSSR count). The van der Waals surface area contributed by atoms with Crippen LogP contribution in [0.15, 0.2) is 24.3 Å². The number of benzene rings is 1. The van der Waals surface area contributed by atoms with Crippen LogP contribution in [0.2, 0.25) is 0 Å². The van der Waals surface area contributed by atoms with Crippen LogP contribution in [-0.2, 0) is 22.2 Å². The zero-order chi connectivity index (χ0) is 13.7. The summed E-state index contributed by atoms with van der Waals surface area (Å²) in [5.74, 6) is -0.157. The first-order valence-electron chi connectivity index (χ1n) is 5.49. The Kier molecular flexibility index (Phi) is 4.17. The van der Waals surface area contributed by atoms with Gasteiger partial charge >= 0.3 is 0 Å². The number of tetrazole rings is 1. The molecule has 0 spiro atoms. The van der Waals surface area contributed by atoms with Crippen LogP contribution in [0.5, 0.6) is 0 Å². The van der Waals surface area contributed by atoms with Crippen molar-refractivity contribution in [2.24, 2.45) is 0 Å². The summed E-state index contributed by atoms with van der Waals surface area (Å²) in [7, 11) is -3.46. The number of nitrogens with zero attached hydrogens (tertiary/aromatic N) is 3. The van der Waals surface area contributed by atoms with E-state index in [4.69, 9.17) is 0 Å². The Hall–Kier alpha value is -1.87. The van der Waals surface area contributed by atoms with Crippen LogP contribution in [0, 0.1) is 5.82 Å². The number of hydrogen-bond donors (Lipinski definition) is 2. The van der Waals surface area contributed by atoms with Crippen molar-refractivity contribution in [1.29, 1.82) is 0 Å². The zero-order valence-corrected chi connectivity index (χ0v) is 10.7. The van der Waals surface area contributed by atoms with Crippen molar-refractivity contribution in [3.05, 3.63) is 41.5 Å². The summed E-state index contributed by atoms with van der Waals surface area (Å²) < 4.78 is 38.6. The molecule has 7 nitrogen and oxygen atoms in total. The molecule has 2 N–H and O–H groups in total. The maximum absolute atomic E-state index is 12.7. The number of aromatic amines is 1. The minimum absolute atomic E-state index is 0.184. The molecule has 0 aliphatic heterocycles. The summed E-state index contributed by atoms with van der Waals surface area (Å²) in [6.07, 6.45) is 0.346. The van der Waals surface area contributed by atoms with Gasteiger partial charge in [0.15, 0.2) is 5.82 Å². The highest BCUT2D eigenvalue weighted by atomic mass is 32.2. The van der Waals surface area contributed by atoms with Crippen LogP contribution in [0.4, 0.5) is 4.39 Å². The molecule has 1 aromatic carbocycles. The lowest BCUT2D eigenvalue weighted by molar-refractivity contribution is 0.579. The molecule has 0 saturated heterocycles. The van der Waals surface area contributed by atoms with Crippen LogP contribution in [0.1, 0.15) is 11.4 Å². The van der Waals surface area contributed by atoms with Gasteiger partial charge in [0.1, 0.15) is 5.82 Å². The maximum Gasteiger partial charge on any atom is 0.215 e. The molecule has 0 radical (unpaired) electrons. The third kappa shape index (κ3) is 4.38. The Bertz CT molecular complexity index is 612. The van der Waals surface area contributed by atoms with Crippen molar-refractivity contribution in [2.75, 3.05) is 6.54 Å². The van der Waals surface area contributed by atoms with E-state index < -0.39 is 15.8 Å². The molecule has 0 atom stereocenters. The van der Waals surface area contributed by atoms with Crippen LogP contribution >= 0.6 is 0 Å². The molecule has 0 fully saturated rings. The quantitative estimate of drug-likeness (QED) is 0.778. The maximum atomic E-state index is 12.7. The van der Waals surface area contributed by atoms with Gasteiger partial charge in [-0.2, -0.15) is 5.21 Å². The van der Waals surface area contributed by atoms with E-state index in [1.54, 1.807) is 0 Å². The molecular weight excluding hydrogens is 273 g/mol. The summed E-state index contributed by atoms with van der Waals surface area (Å²) in [6.45, 7) is 0.184. The van der Waals surface area contributed by atoms with E-state index in [1.165, 1.54) is 24.3 Å². The van der Waals surface area contributed by atoms with Crippen molar-refractivity contribution < 1.29 is 12.8 Å². The molecule has 0 aliphatic carbocycles. The van der Waals surface area contributed by atoms with Crippen molar-refractivity contribution in [2.45, 2.75) is 12.2 Å². The number of nitrogens with one attached hydrogen (secondary N) is 2. The molecule has 0 aliphatic rings. The number of H-pyrrole nitrogens is 1. The largest absolute Gasteiger partial charge is 0.215 e. The Balaban J connectivity index is 1.86. The summed E-state index contributed by atoms with van der Waals surface area (Å²) >= 11 is 0. The molecule has 102 valence electrons. The van der Waals surface area contributed by atoms with E-state index in [-0.39, 0.29) is 12.3 Å². The van der Waals surface area contributed by atoms with E-state index in [9.17, 15) is 12.8 Å². The Morgan fingerprint density at radius 1 is 1.26 bits per heavy atom. The fourth-order valence-corrected chi connectivity index (χ4v) is 2.60. The zero-order valence-electron chi connectivity index (χ0n) is 9.88. The van der Waals surface area contributed by atoms with Gasteiger partial charge in [0, 0.05) is 13.0 Å². The number of aromatic nitrogens is 4. The molecule has 1 aromatic heterocycles. The first-order valence-corrected chi connectivity index (χ1v) is 7.14. The molecule has 0 amide bonds. The third-order valence-corrected chi connectivity index (χ3v) is 3.69. The van der Waals surface area contributed by atoms with E-state index in [0.29, 0.717) is 17.8 Å². The monoisotopic (exact) mass is 285 g/mol. The van der Waals surface area contributed by atoms with E-state index >= 15 is 0 Å². The predicted molar refractivity (Wildman–Crippen MR) is 64.9 cm³/mol. The number of rotatable bonds is 6. The van der Waals surface area contributed by atoms with Gasteiger partial charge in [0.25, 0.3) is 0 Å². The number of halogens is 1. The van der Waals surface area contributed by atoms with Crippen LogP contribution in [-0.4, -0.2) is 35.6 Å². The minimum atomic E-state index is -3.46. The van der Waals surface area contributed by atoms with E-state index in [1.807, 2.05) is 0 Å². The van der Waals surface area contributed by atoms with Gasteiger partial charge in [-0.15, -0.1) is 10.2 Å². The third-order valence-electron chi connectivity index (χ3n) is 2.33. The second kappa shape index (κ2) is 5.85. The Morgan fingerprint density at radius 2 is 2.00 bits per heavy atom. The predicted octanol–water partition coefficient (Wildman–Crippen LogP) is 0.000900. The van der Waals surface area contributed by atoms with Gasteiger partial charge < -0.3 is 0 Å². The molecule has 9 heteroatoms. The fraction of sp³-hybridized carbons (Fsp3) is 0.300. The number of hydrogen-bond acceptors (Lipinski definition) is 5. The van der Waals surface area contributed by atoms with Crippen molar-refractivity contribution in [3.63, 3.8) is 0 Å². The lowest BCUT2D eigenvalue weighted by atomic mass is 10.2. The molecule has 2 aromatic rings. The Morgan fingerprint density at radius 3 is 2.63 bits per heavy atom. The first kappa shape index (κ1) is 13.6. The van der Waals surface area contributed by atoms with Gasteiger partial charge in [0.2, 0.25) is 10.0 Å². The van der Waals surface area contributed by atoms with Gasteiger partial charge in [-0.05, 0) is 17.7 Å². The summed E-state index contributed by atoms with van der Waals surface area (Å²) in [5.41, 5.74) is 0.522. The normalized spacial score (nSPS) is 11.6. The van der Waals surface area contributed by atoms with E-state index in [2.05, 4.69) is 25.3 Å². The van der Waals surface area contributed by atoms with Crippen LogP contribution in [0.25, 0.3) is 0 Å². The van der Waals surface area contributed by atoms with Gasteiger partial charge in [-0.25, -0.2) is 17.5 Å². The van der Waals surface area contributed by atoms with Gasteiger partial charge in [-0.3, -0.25) is 0 Å². The first-order chi connectivity index (χ1) is 9.05. The summed E-state index contributed by atoms with van der Waals surface area (Å²) in [5, 5.41) is 13.1. The lowest BCUT2D eigenvalue weighted by Gasteiger charge is -2.05. The van der Waals surface area contributed by atoms with Crippen molar-refractivity contribution in [1.82, 2.24) is 25.3 Å². The lowest BCUT2D eigenvalue weighted by Crippen LogP contribution is -2.27. The smallest absolute Gasteiger partial charge is 0.214 e. The number of sulfonamides is 1. The molecule has 0 unspecified atom stereocenters. The SMILES string of the molecule is O=S(=O)(Cc1ccc(F)cc1)NCCc1nn[nH]n1. The average molecular weight is 285 g/mol. The summed E-state index contributed by atoms with van der Waals surface area (Å²) in [6, 6.07) is 5.33. The molecule has 1 heterocycles. The highest BCUT2D eigenvalue weighted by molar-refractivity contribution is 7.88. The molecule has 0 bridgehead atoms. The molecular formula is C10H12FN5O2S. The average Bonchev–Trinajstić information content (AvgIpc) is 2.85. The molecule has 0 saturated carbocycles. The van der Waals surface area contributed by atoms with Crippen LogP contribution in [0.3, 0.4) is 0 Å². The Labute approximate surface area is 109 Å². The standard InChI is InChI=1S/C10H12FN5O2S/c11-9-3-1-8(2-4-9)7-19(17,18)12-6-5-10-13-15-16-14-10/h1-4,12H,5-7H2,(H,13,14,15,16). The highest BCUT2D eigenvalue weighted by Crippen LogP contribution is 2.06. The van der Waals surface area contributed by atoms with E-state index in [0.717, 1.165) is 0 Å². The fourth-order valence-electron chi connectivity index (χ4n) is 1.46. The molecule has 19 heavy (non-hydrogen) atoms. The minimum Gasteiger partial charge on any atom is -0.214 e. The van der Waals surface area contributed by atoms with Gasteiger partial charge in [-0.1, -0.05) is 17.3 Å². The summed E-state index contributed by atoms with van der Waals surface area (Å²) in [4.78, 5) is 0. The van der Waals surface area contributed by atoms with Crippen LogP contribution < -0.4 is 4.72 Å². The second-order valence-corrected chi connectivity index (χ2v) is 5.66. The van der Waals surface area contributed by atoms with Crippen molar-refractivity contribution in [3.8, 4) is 0 Å². The second-order valence-electron chi connectivity index (χ2n) is 3.86. The van der Waals surface area contributed by atoms with Gasteiger partial charge in [0.05, 0.1) is 5.75 Å².